The van der Waals surface area contributed by atoms with Crippen molar-refractivity contribution in [3.8, 4) is 22.8 Å². The van der Waals surface area contributed by atoms with Crippen LogP contribution in [0.4, 0.5) is 10.1 Å². The van der Waals surface area contributed by atoms with Gasteiger partial charge in [-0.3, -0.25) is 14.5 Å². The fourth-order valence-electron chi connectivity index (χ4n) is 4.96. The van der Waals surface area contributed by atoms with Crippen LogP contribution < -0.4 is 10.2 Å². The van der Waals surface area contributed by atoms with Gasteiger partial charge >= 0.3 is 0 Å². The zero-order valence-electron chi connectivity index (χ0n) is 21.7. The quantitative estimate of drug-likeness (QED) is 0.358. The minimum absolute atomic E-state index is 0.0365. The Hall–Kier alpha value is -3.99. The minimum atomic E-state index is -0.392. The SMILES string of the molecule is CC(C)c1n[nH]c2cc(O)c(-c3nnc(C(=O)NC4CC4)n3-c3ccc(N4CCN(C)CC4)c(F)c3)cc12. The van der Waals surface area contributed by atoms with Gasteiger partial charge in [-0.15, -0.1) is 10.2 Å². The molecule has 1 aliphatic carbocycles. The van der Waals surface area contributed by atoms with E-state index in [1.54, 1.807) is 24.3 Å². The van der Waals surface area contributed by atoms with Crippen molar-refractivity contribution in [2.24, 2.45) is 0 Å². The molecule has 0 atom stereocenters. The maximum Gasteiger partial charge on any atom is 0.289 e. The zero-order chi connectivity index (χ0) is 26.6. The van der Waals surface area contributed by atoms with Gasteiger partial charge in [-0.2, -0.15) is 5.10 Å². The second-order valence-electron chi connectivity index (χ2n) is 10.5. The lowest BCUT2D eigenvalue weighted by molar-refractivity contribution is 0.0938. The van der Waals surface area contributed by atoms with Gasteiger partial charge in [0.2, 0.25) is 5.82 Å². The van der Waals surface area contributed by atoms with Crippen molar-refractivity contribution in [3.63, 3.8) is 0 Å². The van der Waals surface area contributed by atoms with E-state index in [0.717, 1.165) is 50.1 Å². The van der Waals surface area contributed by atoms with Crippen molar-refractivity contribution in [3.05, 3.63) is 47.7 Å². The molecule has 4 aromatic rings. The summed E-state index contributed by atoms with van der Waals surface area (Å²) in [6.07, 6.45) is 1.83. The summed E-state index contributed by atoms with van der Waals surface area (Å²) in [7, 11) is 2.05. The van der Waals surface area contributed by atoms with Crippen molar-refractivity contribution in [1.29, 1.82) is 0 Å². The van der Waals surface area contributed by atoms with Crippen molar-refractivity contribution in [1.82, 2.24) is 35.2 Å². The van der Waals surface area contributed by atoms with Gasteiger partial charge in [0.1, 0.15) is 11.6 Å². The highest BCUT2D eigenvalue weighted by molar-refractivity contribution is 5.94. The maximum atomic E-state index is 15.5. The number of H-pyrrole nitrogens is 1. The van der Waals surface area contributed by atoms with E-state index in [4.69, 9.17) is 0 Å². The number of hydrogen-bond acceptors (Lipinski definition) is 7. The van der Waals surface area contributed by atoms with E-state index in [2.05, 4.69) is 37.7 Å². The van der Waals surface area contributed by atoms with Crippen LogP contribution in [0.5, 0.6) is 5.75 Å². The number of phenolic OH excluding ortho intramolecular Hbond substituents is 1. The molecule has 0 spiro atoms. The highest BCUT2D eigenvalue weighted by atomic mass is 19.1. The average molecular weight is 519 g/mol. The standard InChI is InChI=1S/C27H31FN8O2/c1-15(2)24-18-13-19(23(37)14-21(18)30-31-24)25-32-33-26(27(38)29-16-4-5-16)36(25)17-6-7-22(20(28)12-17)35-10-8-34(3)9-11-35/h6-7,12-16,37H,4-5,8-11H2,1-3H3,(H,29,38)(H,30,31). The number of benzene rings is 2. The van der Waals surface area contributed by atoms with Gasteiger partial charge in [0.15, 0.2) is 5.82 Å². The molecule has 0 unspecified atom stereocenters. The summed E-state index contributed by atoms with van der Waals surface area (Å²) in [6, 6.07) is 8.40. The third kappa shape index (κ3) is 4.36. The predicted octanol–water partition coefficient (Wildman–Crippen LogP) is 3.42. The van der Waals surface area contributed by atoms with Crippen LogP contribution in [-0.4, -0.2) is 80.1 Å². The molecule has 1 saturated carbocycles. The third-order valence-corrected chi connectivity index (χ3v) is 7.31. The first-order chi connectivity index (χ1) is 18.3. The Morgan fingerprint density at radius 1 is 1.13 bits per heavy atom. The monoisotopic (exact) mass is 518 g/mol. The molecular formula is C27H31FN8O2. The van der Waals surface area contributed by atoms with Gasteiger partial charge < -0.3 is 20.2 Å². The molecule has 0 bridgehead atoms. The number of anilines is 1. The largest absolute Gasteiger partial charge is 0.507 e. The van der Waals surface area contributed by atoms with E-state index < -0.39 is 5.82 Å². The van der Waals surface area contributed by atoms with Crippen LogP contribution >= 0.6 is 0 Å². The molecule has 2 aliphatic rings. The molecule has 1 amide bonds. The number of amides is 1. The van der Waals surface area contributed by atoms with Gasteiger partial charge in [0.05, 0.1) is 28.1 Å². The van der Waals surface area contributed by atoms with E-state index in [1.165, 1.54) is 10.6 Å². The molecule has 11 heteroatoms. The lowest BCUT2D eigenvalue weighted by Gasteiger charge is -2.34. The molecule has 3 heterocycles. The van der Waals surface area contributed by atoms with Crippen LogP contribution in [0, 0.1) is 5.82 Å². The van der Waals surface area contributed by atoms with E-state index in [0.29, 0.717) is 22.5 Å². The number of carbonyl (C=O) groups excluding carboxylic acids is 1. The fourth-order valence-corrected chi connectivity index (χ4v) is 4.96. The number of aromatic nitrogens is 5. The highest BCUT2D eigenvalue weighted by Crippen LogP contribution is 2.36. The fraction of sp³-hybridized carbons (Fsp3) is 0.407. The molecule has 38 heavy (non-hydrogen) atoms. The van der Waals surface area contributed by atoms with Crippen LogP contribution in [0.15, 0.2) is 30.3 Å². The molecule has 3 N–H and O–H groups in total. The number of piperazine rings is 1. The summed E-state index contributed by atoms with van der Waals surface area (Å²) in [4.78, 5) is 17.4. The Morgan fingerprint density at radius 3 is 2.58 bits per heavy atom. The molecule has 198 valence electrons. The Labute approximate surface area is 219 Å². The molecule has 0 radical (unpaired) electrons. The van der Waals surface area contributed by atoms with Crippen molar-refractivity contribution in [2.45, 2.75) is 38.6 Å². The minimum Gasteiger partial charge on any atom is -0.507 e. The smallest absolute Gasteiger partial charge is 0.289 e. The molecule has 2 fully saturated rings. The van der Waals surface area contributed by atoms with Crippen LogP contribution in [0.3, 0.4) is 0 Å². The summed E-state index contributed by atoms with van der Waals surface area (Å²) in [5.41, 5.74) is 2.83. The molecule has 1 aliphatic heterocycles. The second kappa shape index (κ2) is 9.39. The summed E-state index contributed by atoms with van der Waals surface area (Å²) in [6.45, 7) is 7.26. The van der Waals surface area contributed by atoms with E-state index in [9.17, 15) is 9.90 Å². The second-order valence-corrected chi connectivity index (χ2v) is 10.5. The van der Waals surface area contributed by atoms with Crippen LogP contribution in [0.2, 0.25) is 0 Å². The predicted molar refractivity (Wildman–Crippen MR) is 142 cm³/mol. The topological polar surface area (TPSA) is 115 Å². The maximum absolute atomic E-state index is 15.5. The molecular weight excluding hydrogens is 487 g/mol. The number of aromatic hydroxyl groups is 1. The number of nitrogens with one attached hydrogen (secondary N) is 2. The number of fused-ring (bicyclic) bond motifs is 1. The zero-order valence-corrected chi connectivity index (χ0v) is 21.7. The van der Waals surface area contributed by atoms with Gasteiger partial charge in [-0.05, 0) is 44.0 Å². The molecule has 2 aromatic carbocycles. The van der Waals surface area contributed by atoms with E-state index >= 15 is 4.39 Å². The normalized spacial score (nSPS) is 16.5. The number of nitrogens with zero attached hydrogens (tertiary/aromatic N) is 6. The molecule has 6 rings (SSSR count). The molecule has 1 saturated heterocycles. The number of carbonyl (C=O) groups is 1. The summed E-state index contributed by atoms with van der Waals surface area (Å²) < 4.78 is 17.0. The van der Waals surface area contributed by atoms with Crippen LogP contribution in [0.1, 0.15) is 48.9 Å². The van der Waals surface area contributed by atoms with Crippen molar-refractivity contribution < 1.29 is 14.3 Å². The first-order valence-corrected chi connectivity index (χ1v) is 13.0. The number of aromatic amines is 1. The highest BCUT2D eigenvalue weighted by Gasteiger charge is 2.29. The van der Waals surface area contributed by atoms with E-state index in [-0.39, 0.29) is 35.3 Å². The number of phenols is 1. The van der Waals surface area contributed by atoms with Crippen molar-refractivity contribution >= 4 is 22.5 Å². The van der Waals surface area contributed by atoms with Gasteiger partial charge in [0, 0.05) is 49.7 Å². The Kier molecular flexibility index (Phi) is 6.02. The van der Waals surface area contributed by atoms with Crippen molar-refractivity contribution in [2.75, 3.05) is 38.1 Å². The number of likely N-dealkylation sites (N-methyl/N-ethyl adjacent to an activating group) is 1. The number of rotatable bonds is 6. The third-order valence-electron chi connectivity index (χ3n) is 7.31. The van der Waals surface area contributed by atoms with Gasteiger partial charge in [-0.1, -0.05) is 13.8 Å². The van der Waals surface area contributed by atoms with Gasteiger partial charge in [-0.25, -0.2) is 4.39 Å². The Morgan fingerprint density at radius 2 is 1.89 bits per heavy atom. The van der Waals surface area contributed by atoms with E-state index in [1.807, 2.05) is 18.7 Å². The van der Waals surface area contributed by atoms with Crippen LogP contribution in [-0.2, 0) is 0 Å². The van der Waals surface area contributed by atoms with Gasteiger partial charge in [0.25, 0.3) is 5.91 Å². The lowest BCUT2D eigenvalue weighted by atomic mass is 10.0. The number of halogens is 1. The van der Waals surface area contributed by atoms with Crippen LogP contribution in [0.25, 0.3) is 28.0 Å². The summed E-state index contributed by atoms with van der Waals surface area (Å²) in [5.74, 6) is -0.398. The summed E-state index contributed by atoms with van der Waals surface area (Å²) in [5, 5.41) is 30.6. The molecule has 2 aromatic heterocycles. The summed E-state index contributed by atoms with van der Waals surface area (Å²) >= 11 is 0. The Bertz CT molecular complexity index is 1520. The Balaban J connectivity index is 1.47. The first kappa shape index (κ1) is 24.4. The molecule has 10 nitrogen and oxygen atoms in total. The average Bonchev–Trinajstić information content (AvgIpc) is 3.43. The first-order valence-electron chi connectivity index (χ1n) is 13.0. The number of hydrogen-bond donors (Lipinski definition) is 3. The lowest BCUT2D eigenvalue weighted by Crippen LogP contribution is -2.44.